The maximum absolute atomic E-state index is 7.28. The zero-order chi connectivity index (χ0) is 24.1. The number of methoxy groups -OCH3 is 2. The van der Waals surface area contributed by atoms with E-state index in [9.17, 15) is 0 Å². The molecule has 0 N–H and O–H groups in total. The summed E-state index contributed by atoms with van der Waals surface area (Å²) < 4.78 is 29.9. The Morgan fingerprint density at radius 1 is 0.906 bits per heavy atom. The van der Waals surface area contributed by atoms with Gasteiger partial charge in [0, 0.05) is 12.7 Å². The van der Waals surface area contributed by atoms with Gasteiger partial charge >= 0.3 is 0 Å². The van der Waals surface area contributed by atoms with Crippen LogP contribution < -0.4 is 4.74 Å². The Hall–Kier alpha value is -1.44. The van der Waals surface area contributed by atoms with Crippen LogP contribution in [-0.4, -0.2) is 48.6 Å². The minimum absolute atomic E-state index is 0.138. The second-order valence-electron chi connectivity index (χ2n) is 9.39. The van der Waals surface area contributed by atoms with Crippen molar-refractivity contribution in [1.82, 2.24) is 0 Å². The molecule has 0 spiro atoms. The summed E-state index contributed by atoms with van der Waals surface area (Å²) in [5.74, 6) is 0.781. The van der Waals surface area contributed by atoms with E-state index in [2.05, 4.69) is 60.8 Å². The number of rotatable bonds is 12. The predicted octanol–water partition coefficient (Wildman–Crippen LogP) is 6.52. The molecule has 0 bridgehead atoms. The fraction of sp³-hybridized carbons (Fsp3) is 0.615. The molecule has 2 rings (SSSR count). The molecule has 1 aliphatic rings. The van der Waals surface area contributed by atoms with Gasteiger partial charge < -0.3 is 23.4 Å². The van der Waals surface area contributed by atoms with E-state index in [1.165, 1.54) is 0 Å². The molecule has 1 aromatic rings. The number of benzene rings is 1. The first-order chi connectivity index (χ1) is 15.1. The highest BCUT2D eigenvalue weighted by atomic mass is 28.4. The fourth-order valence-electron chi connectivity index (χ4n) is 5.22. The Morgan fingerprint density at radius 3 is 2.06 bits per heavy atom. The van der Waals surface area contributed by atoms with Crippen molar-refractivity contribution in [1.29, 1.82) is 0 Å². The SMILES string of the molecule is C=C1C(=C)[C@@H](OCOCCOC)[C@H](O[Si](C(C)C)(C(C)C)C(C)C)c2cccc(OC)c21. The molecule has 32 heavy (non-hydrogen) atoms. The van der Waals surface area contributed by atoms with E-state index in [-0.39, 0.29) is 19.0 Å². The van der Waals surface area contributed by atoms with Crippen molar-refractivity contribution < 1.29 is 23.4 Å². The van der Waals surface area contributed by atoms with Crippen molar-refractivity contribution in [3.05, 3.63) is 48.1 Å². The zero-order valence-corrected chi connectivity index (χ0v) is 22.2. The molecule has 1 aliphatic carbocycles. The van der Waals surface area contributed by atoms with Crippen molar-refractivity contribution in [2.45, 2.75) is 70.4 Å². The summed E-state index contributed by atoms with van der Waals surface area (Å²) in [7, 11) is 1.12. The van der Waals surface area contributed by atoms with Gasteiger partial charge in [0.1, 0.15) is 24.8 Å². The van der Waals surface area contributed by atoms with Gasteiger partial charge in [0.15, 0.2) is 0 Å². The highest BCUT2D eigenvalue weighted by Gasteiger charge is 2.50. The lowest BCUT2D eigenvalue weighted by Gasteiger charge is -2.48. The number of hydrogen-bond acceptors (Lipinski definition) is 5. The third kappa shape index (κ3) is 5.20. The van der Waals surface area contributed by atoms with E-state index in [0.29, 0.717) is 29.8 Å². The molecule has 0 fully saturated rings. The lowest BCUT2D eigenvalue weighted by Crippen LogP contribution is -2.51. The molecule has 1 aromatic carbocycles. The molecule has 6 heteroatoms. The summed E-state index contributed by atoms with van der Waals surface area (Å²) in [6, 6.07) is 6.06. The summed E-state index contributed by atoms with van der Waals surface area (Å²) in [5, 5.41) is 0. The van der Waals surface area contributed by atoms with Crippen molar-refractivity contribution in [3.63, 3.8) is 0 Å². The first kappa shape index (κ1) is 26.8. The van der Waals surface area contributed by atoms with E-state index in [1.807, 2.05) is 12.1 Å². The van der Waals surface area contributed by atoms with Crippen LogP contribution >= 0.6 is 0 Å². The summed E-state index contributed by atoms with van der Waals surface area (Å²) in [6.45, 7) is 23.5. The van der Waals surface area contributed by atoms with E-state index >= 15 is 0 Å². The maximum Gasteiger partial charge on any atom is 0.201 e. The Labute approximate surface area is 195 Å². The molecule has 0 aliphatic heterocycles. The van der Waals surface area contributed by atoms with Crippen LogP contribution in [0.4, 0.5) is 0 Å². The van der Waals surface area contributed by atoms with Crippen molar-refractivity contribution in [3.8, 4) is 5.75 Å². The average Bonchev–Trinajstić information content (AvgIpc) is 2.74. The highest BCUT2D eigenvalue weighted by molar-refractivity contribution is 6.77. The molecular formula is C26H42O5Si. The first-order valence-electron chi connectivity index (χ1n) is 11.5. The van der Waals surface area contributed by atoms with Gasteiger partial charge in [-0.1, -0.05) is 66.8 Å². The average molecular weight is 463 g/mol. The van der Waals surface area contributed by atoms with Crippen LogP contribution in [0.15, 0.2) is 36.9 Å². The number of hydrogen-bond donors (Lipinski definition) is 0. The summed E-state index contributed by atoms with van der Waals surface area (Å²) in [6.07, 6.45) is -0.684. The number of fused-ring (bicyclic) bond motifs is 1. The summed E-state index contributed by atoms with van der Waals surface area (Å²) in [5.41, 5.74) is 4.95. The molecule has 5 nitrogen and oxygen atoms in total. The van der Waals surface area contributed by atoms with Gasteiger partial charge in [0.2, 0.25) is 8.32 Å². The summed E-state index contributed by atoms with van der Waals surface area (Å²) in [4.78, 5) is 0. The fourth-order valence-corrected chi connectivity index (χ4v) is 10.7. The molecule has 0 saturated heterocycles. The Bertz CT molecular complexity index is 765. The smallest absolute Gasteiger partial charge is 0.201 e. The van der Waals surface area contributed by atoms with Gasteiger partial charge in [-0.15, -0.1) is 0 Å². The van der Waals surface area contributed by atoms with Crippen LogP contribution in [0.25, 0.3) is 5.57 Å². The minimum atomic E-state index is -2.22. The Kier molecular flexibility index (Phi) is 9.73. The molecule has 0 amide bonds. The summed E-state index contributed by atoms with van der Waals surface area (Å²) >= 11 is 0. The maximum atomic E-state index is 7.28. The van der Waals surface area contributed by atoms with Crippen LogP contribution in [0.3, 0.4) is 0 Å². The standard InChI is InChI=1S/C26H42O5Si/c1-17(2)32(18(3)4,19(5)6)31-26-22-12-11-13-23(28-10)24(22)20(7)21(8)25(26)30-16-29-15-14-27-9/h11-13,17-19,25-26H,7-8,14-16H2,1-6,9-10H3/t25-,26-/m1/s1. The third-order valence-electron chi connectivity index (χ3n) is 6.69. The largest absolute Gasteiger partial charge is 0.496 e. The highest BCUT2D eigenvalue weighted by Crippen LogP contribution is 2.51. The second kappa shape index (κ2) is 11.6. The lowest BCUT2D eigenvalue weighted by molar-refractivity contribution is -0.115. The van der Waals surface area contributed by atoms with Crippen LogP contribution in [0.2, 0.25) is 16.6 Å². The van der Waals surface area contributed by atoms with Gasteiger partial charge in [-0.3, -0.25) is 0 Å². The predicted molar refractivity (Wildman–Crippen MR) is 134 cm³/mol. The van der Waals surface area contributed by atoms with Crippen LogP contribution in [0, 0.1) is 0 Å². The van der Waals surface area contributed by atoms with E-state index < -0.39 is 8.32 Å². The molecule has 0 saturated carbocycles. The Balaban J connectivity index is 2.55. The number of ether oxygens (including phenoxy) is 4. The van der Waals surface area contributed by atoms with Gasteiger partial charge in [-0.05, 0) is 39.4 Å². The molecule has 0 radical (unpaired) electrons. The molecular weight excluding hydrogens is 420 g/mol. The van der Waals surface area contributed by atoms with E-state index in [0.717, 1.165) is 28.0 Å². The van der Waals surface area contributed by atoms with Crippen LogP contribution in [0.1, 0.15) is 58.8 Å². The normalized spacial score (nSPS) is 19.2. The van der Waals surface area contributed by atoms with Crippen molar-refractivity contribution in [2.24, 2.45) is 0 Å². The van der Waals surface area contributed by atoms with Crippen LogP contribution in [-0.2, 0) is 18.6 Å². The van der Waals surface area contributed by atoms with E-state index in [1.54, 1.807) is 14.2 Å². The molecule has 180 valence electrons. The third-order valence-corrected chi connectivity index (χ3v) is 12.8. The monoisotopic (exact) mass is 462 g/mol. The van der Waals surface area contributed by atoms with E-state index in [4.69, 9.17) is 23.4 Å². The van der Waals surface area contributed by atoms with Gasteiger partial charge in [0.25, 0.3) is 0 Å². The topological polar surface area (TPSA) is 46.2 Å². The second-order valence-corrected chi connectivity index (χ2v) is 14.8. The lowest BCUT2D eigenvalue weighted by atomic mass is 9.81. The molecule has 0 aromatic heterocycles. The molecule has 0 heterocycles. The zero-order valence-electron chi connectivity index (χ0n) is 21.2. The van der Waals surface area contributed by atoms with Crippen molar-refractivity contribution in [2.75, 3.05) is 34.2 Å². The van der Waals surface area contributed by atoms with Gasteiger partial charge in [-0.2, -0.15) is 0 Å². The van der Waals surface area contributed by atoms with Gasteiger partial charge in [0.05, 0.1) is 20.3 Å². The Morgan fingerprint density at radius 2 is 1.53 bits per heavy atom. The first-order valence-corrected chi connectivity index (χ1v) is 13.7. The van der Waals surface area contributed by atoms with Crippen LogP contribution in [0.5, 0.6) is 5.75 Å². The minimum Gasteiger partial charge on any atom is -0.496 e. The molecule has 0 unspecified atom stereocenters. The van der Waals surface area contributed by atoms with Gasteiger partial charge in [-0.25, -0.2) is 0 Å². The molecule has 2 atom stereocenters. The quantitative estimate of drug-likeness (QED) is 0.201. The van der Waals surface area contributed by atoms with Crippen molar-refractivity contribution >= 4 is 13.9 Å².